The highest BCUT2D eigenvalue weighted by atomic mass is 16.5. The van der Waals surface area contributed by atoms with Crippen molar-refractivity contribution in [3.8, 4) is 28.3 Å². The minimum Gasteiger partial charge on any atom is -0.496 e. The summed E-state index contributed by atoms with van der Waals surface area (Å²) in [5.74, 6) is 1.32. The van der Waals surface area contributed by atoms with E-state index in [2.05, 4.69) is 20.4 Å². The second kappa shape index (κ2) is 8.72. The van der Waals surface area contributed by atoms with Crippen molar-refractivity contribution in [3.05, 3.63) is 81.9 Å². The third kappa shape index (κ3) is 4.14. The Hall–Kier alpha value is -4.46. The fraction of sp³-hybridized carbons (Fsp3) is 0.185. The predicted octanol–water partition coefficient (Wildman–Crippen LogP) is 5.33. The summed E-state index contributed by atoms with van der Waals surface area (Å²) < 4.78 is 12.6. The molecule has 3 aromatic heterocycles. The summed E-state index contributed by atoms with van der Waals surface area (Å²) in [6.45, 7) is 5.88. The van der Waals surface area contributed by atoms with E-state index in [-0.39, 0.29) is 5.56 Å². The Morgan fingerprint density at radius 3 is 2.60 bits per heavy atom. The van der Waals surface area contributed by atoms with Gasteiger partial charge in [0.15, 0.2) is 0 Å². The molecular formula is C27H25N5O3. The van der Waals surface area contributed by atoms with E-state index >= 15 is 0 Å². The number of nitrogens with one attached hydrogen (secondary N) is 1. The number of pyridine rings is 2. The lowest BCUT2D eigenvalue weighted by atomic mass is 9.99. The standard InChI is InChI=1S/C27H25N5O3/c1-15-6-9-20(24(10-15)34-5)25-30-27(31-35-25)29-19-8-7-16(2)21(13-19)22-12-18-14-28-17(3)11-23(18)32(4)26(22)33/h6-14H,1-5H3,(H,29,31). The Labute approximate surface area is 202 Å². The number of hydrogen-bond donors (Lipinski definition) is 1. The summed E-state index contributed by atoms with van der Waals surface area (Å²) in [7, 11) is 3.39. The SMILES string of the molecule is COc1cc(C)ccc1-c1nc(Nc2ccc(C)c(-c3cc4cnc(C)cc4n(C)c3=O)c2)no1. The van der Waals surface area contributed by atoms with Crippen molar-refractivity contribution in [2.75, 3.05) is 12.4 Å². The molecule has 0 bridgehead atoms. The molecule has 0 radical (unpaired) electrons. The van der Waals surface area contributed by atoms with Crippen LogP contribution >= 0.6 is 0 Å². The molecule has 35 heavy (non-hydrogen) atoms. The summed E-state index contributed by atoms with van der Waals surface area (Å²) in [5, 5.41) is 8.15. The number of hydrogen-bond acceptors (Lipinski definition) is 7. The largest absolute Gasteiger partial charge is 0.496 e. The van der Waals surface area contributed by atoms with Crippen molar-refractivity contribution >= 4 is 22.5 Å². The molecule has 0 spiro atoms. The lowest BCUT2D eigenvalue weighted by Gasteiger charge is -2.12. The topological polar surface area (TPSA) is 95.1 Å². The maximum atomic E-state index is 13.2. The summed E-state index contributed by atoms with van der Waals surface area (Å²) >= 11 is 0. The van der Waals surface area contributed by atoms with Gasteiger partial charge in [-0.05, 0) is 79.0 Å². The van der Waals surface area contributed by atoms with Crippen molar-refractivity contribution < 1.29 is 9.26 Å². The molecule has 0 amide bonds. The summed E-state index contributed by atoms with van der Waals surface area (Å²) in [4.78, 5) is 22.1. The van der Waals surface area contributed by atoms with E-state index in [4.69, 9.17) is 9.26 Å². The smallest absolute Gasteiger partial charge is 0.268 e. The van der Waals surface area contributed by atoms with Gasteiger partial charge in [0.25, 0.3) is 17.4 Å². The van der Waals surface area contributed by atoms with Gasteiger partial charge in [-0.2, -0.15) is 4.98 Å². The zero-order chi connectivity index (χ0) is 24.7. The molecule has 0 aliphatic carbocycles. The van der Waals surface area contributed by atoms with Crippen molar-refractivity contribution in [2.45, 2.75) is 20.8 Å². The van der Waals surface area contributed by atoms with Gasteiger partial charge in [0.2, 0.25) is 0 Å². The van der Waals surface area contributed by atoms with E-state index in [1.165, 1.54) is 0 Å². The highest BCUT2D eigenvalue weighted by Gasteiger charge is 2.16. The number of anilines is 2. The Balaban J connectivity index is 1.51. The maximum absolute atomic E-state index is 13.2. The highest BCUT2D eigenvalue weighted by molar-refractivity contribution is 5.85. The molecule has 0 aliphatic rings. The fourth-order valence-corrected chi connectivity index (χ4v) is 4.14. The third-order valence-corrected chi connectivity index (χ3v) is 6.04. The molecule has 8 heteroatoms. The van der Waals surface area contributed by atoms with Gasteiger partial charge in [0.1, 0.15) is 5.75 Å². The molecule has 176 valence electrons. The first-order valence-corrected chi connectivity index (χ1v) is 11.2. The second-order valence-corrected chi connectivity index (χ2v) is 8.59. The minimum absolute atomic E-state index is 0.0725. The van der Waals surface area contributed by atoms with Gasteiger partial charge < -0.3 is 19.1 Å². The number of fused-ring (bicyclic) bond motifs is 1. The Kier molecular flexibility index (Phi) is 5.56. The number of methoxy groups -OCH3 is 1. The Morgan fingerprint density at radius 1 is 0.971 bits per heavy atom. The molecule has 0 aliphatic heterocycles. The first-order valence-electron chi connectivity index (χ1n) is 11.2. The number of aromatic nitrogens is 4. The van der Waals surface area contributed by atoms with Crippen LogP contribution in [0.5, 0.6) is 5.75 Å². The van der Waals surface area contributed by atoms with E-state index in [9.17, 15) is 4.79 Å². The van der Waals surface area contributed by atoms with Crippen LogP contribution in [0, 0.1) is 20.8 Å². The molecule has 0 fully saturated rings. The number of ether oxygens (including phenoxy) is 1. The summed E-state index contributed by atoms with van der Waals surface area (Å²) in [6, 6.07) is 15.4. The third-order valence-electron chi connectivity index (χ3n) is 6.04. The van der Waals surface area contributed by atoms with Crippen LogP contribution in [-0.2, 0) is 7.05 Å². The van der Waals surface area contributed by atoms with E-state index in [0.29, 0.717) is 28.7 Å². The number of aryl methyl sites for hydroxylation is 4. The molecule has 1 N–H and O–H groups in total. The van der Waals surface area contributed by atoms with Crippen LogP contribution in [-0.4, -0.2) is 26.8 Å². The summed E-state index contributed by atoms with van der Waals surface area (Å²) in [5.41, 5.74) is 6.56. The van der Waals surface area contributed by atoms with E-state index in [1.807, 2.05) is 69.3 Å². The molecule has 0 saturated carbocycles. The monoisotopic (exact) mass is 467 g/mol. The predicted molar refractivity (Wildman–Crippen MR) is 136 cm³/mol. The van der Waals surface area contributed by atoms with Gasteiger partial charge >= 0.3 is 0 Å². The second-order valence-electron chi connectivity index (χ2n) is 8.59. The molecule has 5 aromatic rings. The first kappa shape index (κ1) is 22.3. The van der Waals surface area contributed by atoms with Crippen molar-refractivity contribution in [1.29, 1.82) is 0 Å². The van der Waals surface area contributed by atoms with Crippen LogP contribution in [0.4, 0.5) is 11.6 Å². The van der Waals surface area contributed by atoms with Crippen LogP contribution in [0.25, 0.3) is 33.5 Å². The lowest BCUT2D eigenvalue weighted by Crippen LogP contribution is -2.19. The molecule has 0 saturated heterocycles. The van der Waals surface area contributed by atoms with Gasteiger partial charge in [-0.3, -0.25) is 9.78 Å². The average Bonchev–Trinajstić information content (AvgIpc) is 3.31. The molecule has 2 aromatic carbocycles. The molecular weight excluding hydrogens is 442 g/mol. The average molecular weight is 468 g/mol. The van der Waals surface area contributed by atoms with E-state index in [0.717, 1.165) is 39.0 Å². The van der Waals surface area contributed by atoms with Crippen LogP contribution < -0.4 is 15.6 Å². The van der Waals surface area contributed by atoms with Crippen molar-refractivity contribution in [1.82, 2.24) is 19.7 Å². The van der Waals surface area contributed by atoms with Crippen molar-refractivity contribution in [3.63, 3.8) is 0 Å². The van der Waals surface area contributed by atoms with Crippen LogP contribution in [0.1, 0.15) is 16.8 Å². The normalized spacial score (nSPS) is 11.1. The van der Waals surface area contributed by atoms with Gasteiger partial charge in [0.05, 0.1) is 18.2 Å². The maximum Gasteiger partial charge on any atom is 0.268 e. The fourth-order valence-electron chi connectivity index (χ4n) is 4.14. The number of nitrogens with zero attached hydrogens (tertiary/aromatic N) is 4. The molecule has 0 unspecified atom stereocenters. The van der Waals surface area contributed by atoms with Gasteiger partial charge in [-0.25, -0.2) is 0 Å². The quantitative estimate of drug-likeness (QED) is 0.373. The van der Waals surface area contributed by atoms with E-state index < -0.39 is 0 Å². The van der Waals surface area contributed by atoms with E-state index in [1.54, 1.807) is 24.9 Å². The van der Waals surface area contributed by atoms with Crippen LogP contribution in [0.15, 0.2) is 64.0 Å². The molecule has 5 rings (SSSR count). The van der Waals surface area contributed by atoms with Crippen LogP contribution in [0.3, 0.4) is 0 Å². The molecule has 8 nitrogen and oxygen atoms in total. The first-order chi connectivity index (χ1) is 16.8. The van der Waals surface area contributed by atoms with Crippen LogP contribution in [0.2, 0.25) is 0 Å². The summed E-state index contributed by atoms with van der Waals surface area (Å²) in [6.07, 6.45) is 1.80. The van der Waals surface area contributed by atoms with Gasteiger partial charge in [-0.15, -0.1) is 0 Å². The number of rotatable bonds is 5. The van der Waals surface area contributed by atoms with Gasteiger partial charge in [0, 0.05) is 35.6 Å². The highest BCUT2D eigenvalue weighted by Crippen LogP contribution is 2.31. The zero-order valence-electron chi connectivity index (χ0n) is 20.2. The zero-order valence-corrected chi connectivity index (χ0v) is 20.2. The van der Waals surface area contributed by atoms with Gasteiger partial charge in [-0.1, -0.05) is 12.1 Å². The Bertz CT molecular complexity index is 1630. The van der Waals surface area contributed by atoms with Crippen molar-refractivity contribution in [2.24, 2.45) is 7.05 Å². The lowest BCUT2D eigenvalue weighted by molar-refractivity contribution is 0.405. The Morgan fingerprint density at radius 2 is 1.80 bits per heavy atom. The minimum atomic E-state index is -0.0725. The molecule has 0 atom stereocenters. The molecule has 3 heterocycles. The number of benzene rings is 2.